The third-order valence-corrected chi connectivity index (χ3v) is 5.06. The summed E-state index contributed by atoms with van der Waals surface area (Å²) in [5, 5.41) is 0.397. The fourth-order valence-electron chi connectivity index (χ4n) is 3.44. The van der Waals surface area contributed by atoms with Gasteiger partial charge in [-0.15, -0.1) is 0 Å². The number of piperidine rings is 1. The summed E-state index contributed by atoms with van der Waals surface area (Å²) < 4.78 is 0. The molecule has 25 heavy (non-hydrogen) atoms. The number of rotatable bonds is 2. The molecule has 1 aliphatic heterocycles. The summed E-state index contributed by atoms with van der Waals surface area (Å²) >= 11 is 6.13. The van der Waals surface area contributed by atoms with Crippen LogP contribution in [-0.4, -0.2) is 38.8 Å². The molecule has 1 saturated heterocycles. The number of carbonyl (C=O) groups excluding carboxylic acids is 1. The topological polar surface area (TPSA) is 61.9 Å². The van der Waals surface area contributed by atoms with Crippen molar-refractivity contribution in [2.24, 2.45) is 0 Å². The predicted molar refractivity (Wildman–Crippen MR) is 98.0 cm³/mol. The fraction of sp³-hybridized carbons (Fsp3) is 0.316. The summed E-state index contributed by atoms with van der Waals surface area (Å²) in [4.78, 5) is 26.8. The number of halogens is 1. The van der Waals surface area contributed by atoms with Crippen molar-refractivity contribution in [1.29, 1.82) is 0 Å². The minimum Gasteiger partial charge on any atom is -0.342 e. The highest BCUT2D eigenvalue weighted by atomic mass is 35.5. The number of nitrogens with one attached hydrogen (secondary N) is 1. The van der Waals surface area contributed by atoms with Crippen molar-refractivity contribution >= 4 is 28.5 Å². The maximum atomic E-state index is 12.8. The van der Waals surface area contributed by atoms with E-state index in [1.165, 1.54) is 11.8 Å². The zero-order valence-corrected chi connectivity index (χ0v) is 14.8. The highest BCUT2D eigenvalue weighted by Crippen LogP contribution is 2.28. The van der Waals surface area contributed by atoms with Gasteiger partial charge in [0.25, 0.3) is 5.91 Å². The van der Waals surface area contributed by atoms with E-state index in [-0.39, 0.29) is 11.8 Å². The van der Waals surface area contributed by atoms with E-state index in [9.17, 15) is 4.79 Å². The van der Waals surface area contributed by atoms with Crippen molar-refractivity contribution in [1.82, 2.24) is 19.9 Å². The molecular weight excluding hydrogens is 336 g/mol. The Labute approximate surface area is 151 Å². The molecule has 0 spiro atoms. The molecule has 1 amide bonds. The number of carbonyl (C=O) groups is 1. The molecule has 6 heteroatoms. The van der Waals surface area contributed by atoms with Gasteiger partial charge in [0.05, 0.1) is 21.6 Å². The Bertz CT molecular complexity index is 936. The second-order valence-electron chi connectivity index (χ2n) is 6.59. The van der Waals surface area contributed by atoms with Crippen molar-refractivity contribution in [3.8, 4) is 0 Å². The Morgan fingerprint density at radius 2 is 2.24 bits per heavy atom. The number of amides is 1. The number of benzene rings is 1. The molecule has 1 fully saturated rings. The van der Waals surface area contributed by atoms with E-state index in [4.69, 9.17) is 16.6 Å². The molecule has 0 bridgehead atoms. The number of likely N-dealkylation sites (tertiary alicyclic amines) is 1. The lowest BCUT2D eigenvalue weighted by Crippen LogP contribution is -2.39. The maximum Gasteiger partial charge on any atom is 0.255 e. The Balaban J connectivity index is 1.58. The zero-order chi connectivity index (χ0) is 17.4. The summed E-state index contributed by atoms with van der Waals surface area (Å²) in [5.41, 5.74) is 3.74. The van der Waals surface area contributed by atoms with Gasteiger partial charge < -0.3 is 9.88 Å². The van der Waals surface area contributed by atoms with E-state index in [0.717, 1.165) is 36.2 Å². The number of aryl methyl sites for hydroxylation is 1. The summed E-state index contributed by atoms with van der Waals surface area (Å²) in [6.07, 6.45) is 5.09. The van der Waals surface area contributed by atoms with Crippen LogP contribution in [0, 0.1) is 6.92 Å². The molecular formula is C19H19ClN4O. The van der Waals surface area contributed by atoms with E-state index in [2.05, 4.69) is 29.0 Å². The molecule has 0 saturated carbocycles. The molecule has 128 valence electrons. The van der Waals surface area contributed by atoms with Gasteiger partial charge in [-0.3, -0.25) is 9.78 Å². The Hall–Kier alpha value is -2.40. The molecule has 1 aliphatic rings. The number of hydrogen-bond acceptors (Lipinski definition) is 3. The molecule has 1 unspecified atom stereocenters. The van der Waals surface area contributed by atoms with Crippen LogP contribution < -0.4 is 0 Å². The average Bonchev–Trinajstić information content (AvgIpc) is 3.05. The lowest BCUT2D eigenvalue weighted by Gasteiger charge is -2.32. The largest absolute Gasteiger partial charge is 0.342 e. The van der Waals surface area contributed by atoms with E-state index >= 15 is 0 Å². The van der Waals surface area contributed by atoms with Crippen molar-refractivity contribution < 1.29 is 4.79 Å². The summed E-state index contributed by atoms with van der Waals surface area (Å²) in [6.45, 7) is 3.46. The third-order valence-electron chi connectivity index (χ3n) is 4.75. The van der Waals surface area contributed by atoms with E-state index in [1.54, 1.807) is 12.3 Å². The SMILES string of the molecule is Cc1ccc2nc(C3CCCN(C(=O)c4ccncc4Cl)C3)[nH]c2c1. The molecule has 5 nitrogen and oxygen atoms in total. The molecule has 3 aromatic rings. The van der Waals surface area contributed by atoms with Gasteiger partial charge >= 0.3 is 0 Å². The molecule has 1 aromatic carbocycles. The first kappa shape index (κ1) is 16.1. The van der Waals surface area contributed by atoms with Crippen LogP contribution in [0.25, 0.3) is 11.0 Å². The van der Waals surface area contributed by atoms with Crippen LogP contribution in [0.15, 0.2) is 36.7 Å². The monoisotopic (exact) mass is 354 g/mol. The van der Waals surface area contributed by atoms with Crippen LogP contribution in [0.3, 0.4) is 0 Å². The molecule has 0 aliphatic carbocycles. The first-order valence-electron chi connectivity index (χ1n) is 8.47. The number of pyridine rings is 1. The fourth-order valence-corrected chi connectivity index (χ4v) is 3.64. The number of aromatic nitrogens is 3. The Morgan fingerprint density at radius 1 is 1.36 bits per heavy atom. The van der Waals surface area contributed by atoms with Gasteiger partial charge in [0.2, 0.25) is 0 Å². The minimum absolute atomic E-state index is 0.0379. The normalized spacial score (nSPS) is 17.8. The highest BCUT2D eigenvalue weighted by Gasteiger charge is 2.28. The summed E-state index contributed by atoms with van der Waals surface area (Å²) in [5.74, 6) is 1.13. The number of hydrogen-bond donors (Lipinski definition) is 1. The second kappa shape index (κ2) is 6.48. The molecule has 4 rings (SSSR count). The predicted octanol–water partition coefficient (Wildman–Crippen LogP) is 3.94. The Morgan fingerprint density at radius 3 is 3.08 bits per heavy atom. The standard InChI is InChI=1S/C19H19ClN4O/c1-12-4-5-16-17(9-12)23-18(22-16)13-3-2-8-24(11-13)19(25)14-6-7-21-10-15(14)20/h4-7,9-10,13H,2-3,8,11H2,1H3,(H,22,23). The smallest absolute Gasteiger partial charge is 0.255 e. The number of H-pyrrole nitrogens is 1. The number of imidazole rings is 1. The number of fused-ring (bicyclic) bond motifs is 1. The quantitative estimate of drug-likeness (QED) is 0.758. The van der Waals surface area contributed by atoms with Gasteiger partial charge in [-0.05, 0) is 43.5 Å². The van der Waals surface area contributed by atoms with E-state index in [0.29, 0.717) is 17.1 Å². The van der Waals surface area contributed by atoms with E-state index in [1.807, 2.05) is 11.0 Å². The van der Waals surface area contributed by atoms with Gasteiger partial charge in [-0.2, -0.15) is 0 Å². The molecule has 1 atom stereocenters. The third kappa shape index (κ3) is 3.12. The number of nitrogens with zero attached hydrogens (tertiary/aromatic N) is 3. The lowest BCUT2D eigenvalue weighted by molar-refractivity contribution is 0.0705. The highest BCUT2D eigenvalue weighted by molar-refractivity contribution is 6.33. The van der Waals surface area contributed by atoms with Crippen LogP contribution >= 0.6 is 11.6 Å². The maximum absolute atomic E-state index is 12.8. The van der Waals surface area contributed by atoms with Gasteiger partial charge in [0.1, 0.15) is 5.82 Å². The number of aromatic amines is 1. The molecule has 1 N–H and O–H groups in total. The Kier molecular flexibility index (Phi) is 4.17. The van der Waals surface area contributed by atoms with Gasteiger partial charge in [-0.25, -0.2) is 4.98 Å². The van der Waals surface area contributed by atoms with Gasteiger partial charge in [-0.1, -0.05) is 17.7 Å². The van der Waals surface area contributed by atoms with Gasteiger partial charge in [0, 0.05) is 31.4 Å². The lowest BCUT2D eigenvalue weighted by atomic mass is 9.97. The first-order valence-corrected chi connectivity index (χ1v) is 8.84. The van der Waals surface area contributed by atoms with E-state index < -0.39 is 0 Å². The second-order valence-corrected chi connectivity index (χ2v) is 7.00. The molecule has 0 radical (unpaired) electrons. The van der Waals surface area contributed by atoms with Crippen LogP contribution in [0.2, 0.25) is 5.02 Å². The van der Waals surface area contributed by atoms with Crippen LogP contribution in [-0.2, 0) is 0 Å². The summed E-state index contributed by atoms with van der Waals surface area (Å²) in [6, 6.07) is 7.88. The first-order chi connectivity index (χ1) is 12.1. The minimum atomic E-state index is -0.0379. The van der Waals surface area contributed by atoms with Crippen molar-refractivity contribution in [3.63, 3.8) is 0 Å². The van der Waals surface area contributed by atoms with Crippen LogP contribution in [0.1, 0.15) is 40.5 Å². The molecule has 2 aromatic heterocycles. The average molecular weight is 355 g/mol. The van der Waals surface area contributed by atoms with Crippen LogP contribution in [0.5, 0.6) is 0 Å². The van der Waals surface area contributed by atoms with Crippen molar-refractivity contribution in [3.05, 3.63) is 58.6 Å². The van der Waals surface area contributed by atoms with Crippen LogP contribution in [0.4, 0.5) is 0 Å². The van der Waals surface area contributed by atoms with Crippen molar-refractivity contribution in [2.45, 2.75) is 25.7 Å². The molecule has 3 heterocycles. The van der Waals surface area contributed by atoms with Crippen molar-refractivity contribution in [2.75, 3.05) is 13.1 Å². The summed E-state index contributed by atoms with van der Waals surface area (Å²) in [7, 11) is 0. The zero-order valence-electron chi connectivity index (χ0n) is 14.0. The van der Waals surface area contributed by atoms with Gasteiger partial charge in [0.15, 0.2) is 0 Å².